The highest BCUT2D eigenvalue weighted by Crippen LogP contribution is 2.24. The Morgan fingerprint density at radius 1 is 0.956 bits per heavy atom. The predicted octanol–water partition coefficient (Wildman–Crippen LogP) is 3.07. The first-order valence-corrected chi connectivity index (χ1v) is 16.5. The molecule has 0 bridgehead atoms. The molecule has 1 unspecified atom stereocenters. The number of hydrogen-bond acceptors (Lipinski definition) is 6. The standard InChI is InChI=1S/C34H49N5O6/c1-5-22(3)30-34(44)38-19-13-12-18-29(38)33(43)35-26(16-9-7-8-14-24(40)6-2)31(41)36-27(32(42)37-30)20-23-21-39(45-4)28-17-11-10-15-25(23)28/h10-11,15,17,21-22,26-27,29-30H,5-9,12-14,16,18-20H2,1-4H3,(H,35,43)(H,36,41)(H,37,42)/t22?,26-,27+,29-,30+/m1/s1. The lowest BCUT2D eigenvalue weighted by Crippen LogP contribution is -2.64. The molecule has 2 aromatic rings. The third-order valence-corrected chi connectivity index (χ3v) is 9.36. The number of benzene rings is 1. The van der Waals surface area contributed by atoms with Crippen LogP contribution in [0.25, 0.3) is 10.9 Å². The molecule has 0 saturated carbocycles. The van der Waals surface area contributed by atoms with Gasteiger partial charge in [-0.05, 0) is 49.7 Å². The van der Waals surface area contributed by atoms with Gasteiger partial charge in [-0.3, -0.25) is 24.0 Å². The summed E-state index contributed by atoms with van der Waals surface area (Å²) in [7, 11) is 1.56. The average molecular weight is 624 g/mol. The van der Waals surface area contributed by atoms with Crippen molar-refractivity contribution in [2.24, 2.45) is 5.92 Å². The molecule has 45 heavy (non-hydrogen) atoms. The lowest BCUT2D eigenvalue weighted by Gasteiger charge is -2.39. The highest BCUT2D eigenvalue weighted by Gasteiger charge is 2.40. The lowest BCUT2D eigenvalue weighted by atomic mass is 9.93. The topological polar surface area (TPSA) is 139 Å². The van der Waals surface area contributed by atoms with Gasteiger partial charge in [0.1, 0.15) is 37.1 Å². The Hall–Kier alpha value is -3.89. The van der Waals surface area contributed by atoms with Gasteiger partial charge in [0.25, 0.3) is 0 Å². The van der Waals surface area contributed by atoms with E-state index in [9.17, 15) is 24.0 Å². The molecule has 5 atom stereocenters. The largest absolute Gasteiger partial charge is 0.417 e. The number of aromatic nitrogens is 1. The van der Waals surface area contributed by atoms with E-state index in [1.165, 1.54) is 0 Å². The maximum absolute atomic E-state index is 14.0. The Balaban J connectivity index is 1.66. The fourth-order valence-electron chi connectivity index (χ4n) is 6.38. The zero-order valence-corrected chi connectivity index (χ0v) is 27.1. The Morgan fingerprint density at radius 2 is 1.69 bits per heavy atom. The molecular weight excluding hydrogens is 574 g/mol. The van der Waals surface area contributed by atoms with Crippen molar-refractivity contribution in [1.82, 2.24) is 25.6 Å². The van der Waals surface area contributed by atoms with Gasteiger partial charge < -0.3 is 25.7 Å². The van der Waals surface area contributed by atoms with Crippen LogP contribution in [-0.2, 0) is 30.4 Å². The molecule has 11 heteroatoms. The van der Waals surface area contributed by atoms with Crippen molar-refractivity contribution in [3.63, 3.8) is 0 Å². The van der Waals surface area contributed by atoms with Crippen LogP contribution >= 0.6 is 0 Å². The normalized spacial score (nSPS) is 23.7. The molecule has 2 saturated heterocycles. The van der Waals surface area contributed by atoms with E-state index < -0.39 is 36.0 Å². The SMILES string of the molecule is CCC(=O)CCCCC[C@H]1NC(=O)[C@H]2CCCCN2C(=O)[C@H](C(C)CC)NC(=O)[C@H](Cc2cn(OC)c3ccccc23)NC1=O. The van der Waals surface area contributed by atoms with Crippen LogP contribution in [0.2, 0.25) is 0 Å². The number of fused-ring (bicyclic) bond motifs is 2. The molecule has 0 spiro atoms. The molecule has 4 amide bonds. The van der Waals surface area contributed by atoms with Gasteiger partial charge in [0.15, 0.2) is 0 Å². The molecule has 1 aromatic heterocycles. The van der Waals surface area contributed by atoms with E-state index in [0.717, 1.165) is 35.7 Å². The molecule has 2 fully saturated rings. The van der Waals surface area contributed by atoms with E-state index in [1.807, 2.05) is 45.0 Å². The maximum Gasteiger partial charge on any atom is 0.246 e. The number of carbonyl (C=O) groups is 5. The Morgan fingerprint density at radius 3 is 2.42 bits per heavy atom. The summed E-state index contributed by atoms with van der Waals surface area (Å²) in [6.45, 7) is 6.14. The van der Waals surface area contributed by atoms with Crippen LogP contribution in [0.1, 0.15) is 90.5 Å². The summed E-state index contributed by atoms with van der Waals surface area (Å²) in [5.41, 5.74) is 1.62. The Bertz CT molecular complexity index is 1370. The summed E-state index contributed by atoms with van der Waals surface area (Å²) in [5.74, 6) is -1.50. The third-order valence-electron chi connectivity index (χ3n) is 9.36. The van der Waals surface area contributed by atoms with E-state index in [0.29, 0.717) is 51.5 Å². The maximum atomic E-state index is 14.0. The number of carbonyl (C=O) groups excluding carboxylic acids is 5. The van der Waals surface area contributed by atoms with Crippen molar-refractivity contribution in [1.29, 1.82) is 0 Å². The van der Waals surface area contributed by atoms with Gasteiger partial charge in [0, 0.05) is 37.4 Å². The highest BCUT2D eigenvalue weighted by atomic mass is 16.6. The Kier molecular flexibility index (Phi) is 12.0. The van der Waals surface area contributed by atoms with Crippen LogP contribution in [0.4, 0.5) is 0 Å². The summed E-state index contributed by atoms with van der Waals surface area (Å²) in [5, 5.41) is 9.75. The number of rotatable bonds is 12. The second-order valence-corrected chi connectivity index (χ2v) is 12.4. The van der Waals surface area contributed by atoms with Gasteiger partial charge in [-0.1, -0.05) is 58.2 Å². The van der Waals surface area contributed by atoms with Crippen molar-refractivity contribution >= 4 is 40.3 Å². The van der Waals surface area contributed by atoms with E-state index >= 15 is 0 Å². The molecule has 3 heterocycles. The van der Waals surface area contributed by atoms with Crippen molar-refractivity contribution in [3.8, 4) is 0 Å². The number of nitrogens with one attached hydrogen (secondary N) is 3. The molecule has 11 nitrogen and oxygen atoms in total. The monoisotopic (exact) mass is 623 g/mol. The summed E-state index contributed by atoms with van der Waals surface area (Å²) in [6, 6.07) is 4.20. The van der Waals surface area contributed by atoms with Crippen LogP contribution in [0, 0.1) is 5.92 Å². The number of unbranched alkanes of at least 4 members (excludes halogenated alkanes) is 2. The first-order chi connectivity index (χ1) is 21.7. The predicted molar refractivity (Wildman–Crippen MR) is 171 cm³/mol. The van der Waals surface area contributed by atoms with Crippen LogP contribution < -0.4 is 20.8 Å². The highest BCUT2D eigenvalue weighted by molar-refractivity contribution is 5.98. The number of amides is 4. The quantitative estimate of drug-likeness (QED) is 0.311. The number of Topliss-reactive ketones (excluding diaryl/α,β-unsaturated/α-hetero) is 1. The minimum Gasteiger partial charge on any atom is -0.417 e. The molecule has 246 valence electrons. The molecular formula is C34H49N5O6. The molecule has 1 aromatic carbocycles. The van der Waals surface area contributed by atoms with Crippen molar-refractivity contribution in [2.45, 2.75) is 116 Å². The summed E-state index contributed by atoms with van der Waals surface area (Å²) >= 11 is 0. The van der Waals surface area contributed by atoms with Crippen LogP contribution in [0.15, 0.2) is 30.5 Å². The molecule has 2 aliphatic heterocycles. The molecule has 4 rings (SSSR count). The van der Waals surface area contributed by atoms with Crippen molar-refractivity contribution < 1.29 is 28.8 Å². The fourth-order valence-corrected chi connectivity index (χ4v) is 6.38. The summed E-state index contributed by atoms with van der Waals surface area (Å²) < 4.78 is 1.62. The molecule has 2 aliphatic rings. The second-order valence-electron chi connectivity index (χ2n) is 12.4. The van der Waals surface area contributed by atoms with Gasteiger partial charge in [-0.25, -0.2) is 0 Å². The van der Waals surface area contributed by atoms with Gasteiger partial charge in [0.05, 0.1) is 5.52 Å². The van der Waals surface area contributed by atoms with Crippen molar-refractivity contribution in [2.75, 3.05) is 13.7 Å². The zero-order chi connectivity index (χ0) is 32.5. The third kappa shape index (κ3) is 8.23. The van der Waals surface area contributed by atoms with Crippen molar-refractivity contribution in [3.05, 3.63) is 36.0 Å². The molecule has 0 radical (unpaired) electrons. The first kappa shape index (κ1) is 34.0. The number of nitrogens with zero attached hydrogens (tertiary/aromatic N) is 2. The van der Waals surface area contributed by atoms with Gasteiger partial charge >= 0.3 is 0 Å². The number of hydrogen-bond donors (Lipinski definition) is 3. The van der Waals surface area contributed by atoms with Gasteiger partial charge in [-0.15, -0.1) is 0 Å². The minimum atomic E-state index is -1.01. The second kappa shape index (κ2) is 15.9. The lowest BCUT2D eigenvalue weighted by molar-refractivity contribution is -0.147. The van der Waals surface area contributed by atoms with E-state index in [-0.39, 0.29) is 29.9 Å². The summed E-state index contributed by atoms with van der Waals surface area (Å²) in [4.78, 5) is 74.5. The smallest absolute Gasteiger partial charge is 0.246 e. The van der Waals surface area contributed by atoms with Crippen LogP contribution in [0.3, 0.4) is 0 Å². The van der Waals surface area contributed by atoms with Crippen LogP contribution in [-0.4, -0.2) is 76.9 Å². The number of ketones is 1. The van der Waals surface area contributed by atoms with Crippen LogP contribution in [0.5, 0.6) is 0 Å². The van der Waals surface area contributed by atoms with Gasteiger partial charge in [0.2, 0.25) is 23.6 Å². The average Bonchev–Trinajstić information content (AvgIpc) is 3.41. The fraction of sp³-hybridized carbons (Fsp3) is 0.618. The first-order valence-electron chi connectivity index (χ1n) is 16.5. The summed E-state index contributed by atoms with van der Waals surface area (Å²) in [6.07, 6.45) is 8.07. The number of piperidine rings is 1. The number of para-hydroxylation sites is 1. The molecule has 0 aliphatic carbocycles. The zero-order valence-electron chi connectivity index (χ0n) is 27.1. The Labute approximate surface area is 265 Å². The molecule has 3 N–H and O–H groups in total. The minimum absolute atomic E-state index is 0.155. The van der Waals surface area contributed by atoms with E-state index in [2.05, 4.69) is 16.0 Å². The van der Waals surface area contributed by atoms with E-state index in [1.54, 1.807) is 22.9 Å². The van der Waals surface area contributed by atoms with E-state index in [4.69, 9.17) is 4.84 Å². The van der Waals surface area contributed by atoms with Gasteiger partial charge in [-0.2, -0.15) is 4.73 Å².